The summed E-state index contributed by atoms with van der Waals surface area (Å²) < 4.78 is 0. The molecule has 148 valence electrons. The first-order chi connectivity index (χ1) is 13.5. The maximum Gasteiger partial charge on any atom is 0.251 e. The second-order valence-corrected chi connectivity index (χ2v) is 7.70. The Kier molecular flexibility index (Phi) is 6.47. The first kappa shape index (κ1) is 20.1. The Balaban J connectivity index is 1.63. The molecule has 0 bridgehead atoms. The SMILES string of the molecule is Cc1cc(C(=O)NC2CCCC2)ccc1NC(=O)C(C)C(N)c1ccccc1. The van der Waals surface area contributed by atoms with Gasteiger partial charge in [-0.3, -0.25) is 9.59 Å². The van der Waals surface area contributed by atoms with Crippen molar-refractivity contribution in [3.05, 3.63) is 65.2 Å². The monoisotopic (exact) mass is 379 g/mol. The third kappa shape index (κ3) is 4.78. The van der Waals surface area contributed by atoms with Gasteiger partial charge in [0, 0.05) is 23.3 Å². The quantitative estimate of drug-likeness (QED) is 0.711. The predicted molar refractivity (Wildman–Crippen MR) is 112 cm³/mol. The van der Waals surface area contributed by atoms with E-state index >= 15 is 0 Å². The van der Waals surface area contributed by atoms with Crippen molar-refractivity contribution in [2.75, 3.05) is 5.32 Å². The summed E-state index contributed by atoms with van der Waals surface area (Å²) in [6, 6.07) is 14.9. The van der Waals surface area contributed by atoms with E-state index in [4.69, 9.17) is 5.73 Å². The number of hydrogen-bond acceptors (Lipinski definition) is 3. The van der Waals surface area contributed by atoms with E-state index in [0.717, 1.165) is 24.0 Å². The van der Waals surface area contributed by atoms with Crippen LogP contribution in [0.25, 0.3) is 0 Å². The number of carbonyl (C=O) groups is 2. The van der Waals surface area contributed by atoms with Crippen molar-refractivity contribution in [1.29, 1.82) is 0 Å². The van der Waals surface area contributed by atoms with Gasteiger partial charge in [-0.2, -0.15) is 0 Å². The highest BCUT2D eigenvalue weighted by atomic mass is 16.2. The van der Waals surface area contributed by atoms with Gasteiger partial charge < -0.3 is 16.4 Å². The van der Waals surface area contributed by atoms with Crippen LogP contribution in [-0.4, -0.2) is 17.9 Å². The van der Waals surface area contributed by atoms with Crippen LogP contribution in [0.15, 0.2) is 48.5 Å². The van der Waals surface area contributed by atoms with Crippen LogP contribution in [0.1, 0.15) is 60.1 Å². The molecule has 1 saturated carbocycles. The molecular weight excluding hydrogens is 350 g/mol. The number of nitrogens with two attached hydrogens (primary N) is 1. The van der Waals surface area contributed by atoms with Gasteiger partial charge in [0.25, 0.3) is 5.91 Å². The molecule has 3 rings (SSSR count). The minimum atomic E-state index is -0.382. The van der Waals surface area contributed by atoms with Gasteiger partial charge in [0.05, 0.1) is 5.92 Å². The summed E-state index contributed by atoms with van der Waals surface area (Å²) in [6.45, 7) is 3.72. The van der Waals surface area contributed by atoms with Gasteiger partial charge in [-0.15, -0.1) is 0 Å². The zero-order valence-electron chi connectivity index (χ0n) is 16.6. The van der Waals surface area contributed by atoms with Crippen molar-refractivity contribution in [3.63, 3.8) is 0 Å². The molecule has 1 aliphatic carbocycles. The van der Waals surface area contributed by atoms with E-state index in [0.29, 0.717) is 11.3 Å². The smallest absolute Gasteiger partial charge is 0.251 e. The lowest BCUT2D eigenvalue weighted by molar-refractivity contribution is -0.120. The zero-order valence-corrected chi connectivity index (χ0v) is 16.6. The molecule has 1 fully saturated rings. The lowest BCUT2D eigenvalue weighted by Crippen LogP contribution is -2.32. The van der Waals surface area contributed by atoms with E-state index in [9.17, 15) is 9.59 Å². The number of anilines is 1. The minimum absolute atomic E-state index is 0.0488. The predicted octanol–water partition coefficient (Wildman–Crippen LogP) is 3.94. The lowest BCUT2D eigenvalue weighted by atomic mass is 9.94. The highest BCUT2D eigenvalue weighted by Gasteiger charge is 2.23. The van der Waals surface area contributed by atoms with Crippen molar-refractivity contribution < 1.29 is 9.59 Å². The maximum absolute atomic E-state index is 12.7. The zero-order chi connectivity index (χ0) is 20.1. The molecule has 2 unspecified atom stereocenters. The molecular formula is C23H29N3O2. The van der Waals surface area contributed by atoms with Crippen LogP contribution in [0.3, 0.4) is 0 Å². The number of carbonyl (C=O) groups excluding carboxylic acids is 2. The molecule has 0 spiro atoms. The summed E-state index contributed by atoms with van der Waals surface area (Å²) in [4.78, 5) is 25.1. The normalized spacial score (nSPS) is 16.4. The largest absolute Gasteiger partial charge is 0.349 e. The number of rotatable bonds is 6. The summed E-state index contributed by atoms with van der Waals surface area (Å²) in [7, 11) is 0. The Bertz CT molecular complexity index is 829. The van der Waals surface area contributed by atoms with Crippen molar-refractivity contribution in [1.82, 2.24) is 5.32 Å². The van der Waals surface area contributed by atoms with Crippen LogP contribution in [-0.2, 0) is 4.79 Å². The summed E-state index contributed by atoms with van der Waals surface area (Å²) in [5, 5.41) is 6.04. The molecule has 2 aromatic carbocycles. The first-order valence-electron chi connectivity index (χ1n) is 9.98. The van der Waals surface area contributed by atoms with E-state index in [1.807, 2.05) is 50.2 Å². The molecule has 0 saturated heterocycles. The summed E-state index contributed by atoms with van der Waals surface area (Å²) in [5.41, 5.74) is 9.37. The number of nitrogens with one attached hydrogen (secondary N) is 2. The number of hydrogen-bond donors (Lipinski definition) is 3. The molecule has 28 heavy (non-hydrogen) atoms. The molecule has 0 heterocycles. The summed E-state index contributed by atoms with van der Waals surface area (Å²) in [6.07, 6.45) is 4.47. The molecule has 2 amide bonds. The van der Waals surface area contributed by atoms with Crippen molar-refractivity contribution in [2.45, 2.75) is 51.6 Å². The van der Waals surface area contributed by atoms with E-state index in [1.165, 1.54) is 12.8 Å². The van der Waals surface area contributed by atoms with Gasteiger partial charge in [0.2, 0.25) is 5.91 Å². The average molecular weight is 380 g/mol. The molecule has 2 atom stereocenters. The fourth-order valence-electron chi connectivity index (χ4n) is 3.66. The van der Waals surface area contributed by atoms with Gasteiger partial charge in [-0.1, -0.05) is 50.1 Å². The first-order valence-corrected chi connectivity index (χ1v) is 9.98. The number of benzene rings is 2. The molecule has 0 aromatic heterocycles. The number of amides is 2. The standard InChI is InChI=1S/C23H29N3O2/c1-15-14-18(23(28)25-19-10-6-7-11-19)12-13-20(15)26-22(27)16(2)21(24)17-8-4-3-5-9-17/h3-5,8-9,12-14,16,19,21H,6-7,10-11,24H2,1-2H3,(H,25,28)(H,26,27). The Morgan fingerprint density at radius 2 is 1.75 bits per heavy atom. The van der Waals surface area contributed by atoms with Crippen LogP contribution >= 0.6 is 0 Å². The fourth-order valence-corrected chi connectivity index (χ4v) is 3.66. The Morgan fingerprint density at radius 1 is 1.07 bits per heavy atom. The molecule has 2 aromatic rings. The van der Waals surface area contributed by atoms with Crippen LogP contribution in [0, 0.1) is 12.8 Å². The molecule has 1 aliphatic rings. The van der Waals surface area contributed by atoms with Crippen molar-refractivity contribution >= 4 is 17.5 Å². The minimum Gasteiger partial charge on any atom is -0.349 e. The molecule has 5 nitrogen and oxygen atoms in total. The van der Waals surface area contributed by atoms with E-state index < -0.39 is 0 Å². The second-order valence-electron chi connectivity index (χ2n) is 7.70. The molecule has 0 aliphatic heterocycles. The van der Waals surface area contributed by atoms with E-state index in [2.05, 4.69) is 10.6 Å². The van der Waals surface area contributed by atoms with Crippen LogP contribution in [0.5, 0.6) is 0 Å². The topological polar surface area (TPSA) is 84.2 Å². The highest BCUT2D eigenvalue weighted by Crippen LogP contribution is 2.23. The third-order valence-electron chi connectivity index (χ3n) is 5.57. The van der Waals surface area contributed by atoms with Crippen LogP contribution in [0.2, 0.25) is 0 Å². The van der Waals surface area contributed by atoms with Gasteiger partial charge in [0.15, 0.2) is 0 Å². The third-order valence-corrected chi connectivity index (χ3v) is 5.57. The lowest BCUT2D eigenvalue weighted by Gasteiger charge is -2.20. The van der Waals surface area contributed by atoms with Crippen molar-refractivity contribution in [2.24, 2.45) is 11.7 Å². The Labute approximate surface area is 166 Å². The highest BCUT2D eigenvalue weighted by molar-refractivity contribution is 5.97. The summed E-state index contributed by atoms with van der Waals surface area (Å²) >= 11 is 0. The van der Waals surface area contributed by atoms with Gasteiger partial charge in [-0.25, -0.2) is 0 Å². The number of aryl methyl sites for hydroxylation is 1. The maximum atomic E-state index is 12.7. The molecule has 0 radical (unpaired) electrons. The Morgan fingerprint density at radius 3 is 2.39 bits per heavy atom. The molecule has 5 heteroatoms. The van der Waals surface area contributed by atoms with Gasteiger partial charge in [-0.05, 0) is 49.1 Å². The van der Waals surface area contributed by atoms with E-state index in [1.54, 1.807) is 12.1 Å². The van der Waals surface area contributed by atoms with E-state index in [-0.39, 0.29) is 29.8 Å². The summed E-state index contributed by atoms with van der Waals surface area (Å²) in [5.74, 6) is -0.568. The van der Waals surface area contributed by atoms with Crippen LogP contribution < -0.4 is 16.4 Å². The van der Waals surface area contributed by atoms with Gasteiger partial charge in [0.1, 0.15) is 0 Å². The van der Waals surface area contributed by atoms with Crippen molar-refractivity contribution in [3.8, 4) is 0 Å². The van der Waals surface area contributed by atoms with Gasteiger partial charge >= 0.3 is 0 Å². The molecule has 4 N–H and O–H groups in total. The second kappa shape index (κ2) is 9.02. The fraction of sp³-hybridized carbons (Fsp3) is 0.391. The van der Waals surface area contributed by atoms with Crippen LogP contribution in [0.4, 0.5) is 5.69 Å². The Hall–Kier alpha value is -2.66. The average Bonchev–Trinajstić information content (AvgIpc) is 3.21.